The highest BCUT2D eigenvalue weighted by Crippen LogP contribution is 2.39. The molecule has 0 saturated heterocycles. The number of rotatable bonds is 4. The molecule has 104 valence electrons. The van der Waals surface area contributed by atoms with E-state index in [4.69, 9.17) is 4.74 Å². The van der Waals surface area contributed by atoms with E-state index in [1.165, 1.54) is 10.5 Å². The number of thioether (sulfide) groups is 1. The van der Waals surface area contributed by atoms with Crippen molar-refractivity contribution in [1.29, 1.82) is 0 Å². The molecule has 2 atom stereocenters. The quantitative estimate of drug-likeness (QED) is 0.935. The monoisotopic (exact) mass is 286 g/mol. The largest absolute Gasteiger partial charge is 0.496 e. The van der Waals surface area contributed by atoms with Crippen molar-refractivity contribution in [3.05, 3.63) is 59.7 Å². The molecule has 2 aromatic carbocycles. The minimum absolute atomic E-state index is 0.234. The summed E-state index contributed by atoms with van der Waals surface area (Å²) >= 11 is 1.79. The summed E-state index contributed by atoms with van der Waals surface area (Å²) in [4.78, 5) is 1.30. The zero-order valence-corrected chi connectivity index (χ0v) is 12.3. The normalized spacial score (nSPS) is 18.6. The number of methoxy groups -OCH3 is 1. The number of hydrogen-bond donors (Lipinski definition) is 1. The van der Waals surface area contributed by atoms with Crippen LogP contribution in [0.15, 0.2) is 53.4 Å². The summed E-state index contributed by atoms with van der Waals surface area (Å²) in [7, 11) is 1.67. The molecule has 0 spiro atoms. The predicted molar refractivity (Wildman–Crippen MR) is 82.5 cm³/mol. The average molecular weight is 286 g/mol. The summed E-state index contributed by atoms with van der Waals surface area (Å²) in [5.41, 5.74) is 2.42. The first-order chi connectivity index (χ1) is 9.78. The summed E-state index contributed by atoms with van der Waals surface area (Å²) in [5.74, 6) is 0.854. The summed E-state index contributed by atoms with van der Waals surface area (Å²) in [6.07, 6.45) is 1.22. The van der Waals surface area contributed by atoms with Crippen LogP contribution in [0.3, 0.4) is 0 Å². The van der Waals surface area contributed by atoms with Crippen molar-refractivity contribution < 1.29 is 9.84 Å². The fourth-order valence-electron chi connectivity index (χ4n) is 2.65. The van der Waals surface area contributed by atoms with E-state index in [9.17, 15) is 5.11 Å². The Balaban J connectivity index is 1.71. The molecule has 1 heterocycles. The number of hydrogen-bond acceptors (Lipinski definition) is 3. The van der Waals surface area contributed by atoms with Gasteiger partial charge < -0.3 is 9.84 Å². The standard InChI is InChI=1S/C17H18O2S/c1-19-15-8-4-2-6-12(15)10-14(18)17-11-13-7-3-5-9-16(13)20-17/h2-9,14,17-18H,10-11H2,1H3. The second-order valence-electron chi connectivity index (χ2n) is 5.05. The van der Waals surface area contributed by atoms with E-state index in [1.807, 2.05) is 24.3 Å². The van der Waals surface area contributed by atoms with Gasteiger partial charge in [0.2, 0.25) is 0 Å². The maximum atomic E-state index is 10.5. The van der Waals surface area contributed by atoms with Gasteiger partial charge in [-0.3, -0.25) is 0 Å². The highest BCUT2D eigenvalue weighted by molar-refractivity contribution is 8.00. The highest BCUT2D eigenvalue weighted by atomic mass is 32.2. The molecule has 3 heteroatoms. The second kappa shape index (κ2) is 5.90. The Kier molecular flexibility index (Phi) is 3.99. The SMILES string of the molecule is COc1ccccc1CC(O)C1Cc2ccccc2S1. The molecular weight excluding hydrogens is 268 g/mol. The number of benzene rings is 2. The van der Waals surface area contributed by atoms with Crippen LogP contribution in [0.4, 0.5) is 0 Å². The first-order valence-corrected chi connectivity index (χ1v) is 7.70. The van der Waals surface area contributed by atoms with Crippen molar-refractivity contribution in [3.8, 4) is 5.75 Å². The van der Waals surface area contributed by atoms with E-state index in [1.54, 1.807) is 18.9 Å². The Bertz CT molecular complexity index is 572. The molecule has 0 radical (unpaired) electrons. The van der Waals surface area contributed by atoms with Crippen LogP contribution in [0.1, 0.15) is 11.1 Å². The molecule has 0 aliphatic carbocycles. The van der Waals surface area contributed by atoms with Gasteiger partial charge in [0.25, 0.3) is 0 Å². The third-order valence-electron chi connectivity index (χ3n) is 3.72. The van der Waals surface area contributed by atoms with Crippen LogP contribution in [-0.4, -0.2) is 23.6 Å². The van der Waals surface area contributed by atoms with Gasteiger partial charge in [0.05, 0.1) is 13.2 Å². The van der Waals surface area contributed by atoms with Crippen LogP contribution >= 0.6 is 11.8 Å². The molecule has 0 amide bonds. The molecular formula is C17H18O2S. The third kappa shape index (κ3) is 2.69. The molecule has 1 N–H and O–H groups in total. The molecule has 2 aromatic rings. The summed E-state index contributed by atoms with van der Waals surface area (Å²) < 4.78 is 5.35. The minimum atomic E-state index is -0.358. The molecule has 2 nitrogen and oxygen atoms in total. The topological polar surface area (TPSA) is 29.5 Å². The maximum Gasteiger partial charge on any atom is 0.122 e. The van der Waals surface area contributed by atoms with Crippen molar-refractivity contribution in [2.45, 2.75) is 29.1 Å². The van der Waals surface area contributed by atoms with E-state index in [2.05, 4.69) is 24.3 Å². The Morgan fingerprint density at radius 2 is 1.95 bits per heavy atom. The van der Waals surface area contributed by atoms with Crippen LogP contribution in [0.25, 0.3) is 0 Å². The maximum absolute atomic E-state index is 10.5. The summed E-state index contributed by atoms with van der Waals surface area (Å²) in [5, 5.41) is 10.8. The van der Waals surface area contributed by atoms with Gasteiger partial charge in [-0.05, 0) is 29.7 Å². The number of ether oxygens (including phenoxy) is 1. The first kappa shape index (κ1) is 13.5. The van der Waals surface area contributed by atoms with Crippen molar-refractivity contribution in [2.24, 2.45) is 0 Å². The lowest BCUT2D eigenvalue weighted by atomic mass is 10.0. The molecule has 0 saturated carbocycles. The zero-order valence-electron chi connectivity index (χ0n) is 11.5. The van der Waals surface area contributed by atoms with Gasteiger partial charge in [-0.15, -0.1) is 11.8 Å². The van der Waals surface area contributed by atoms with E-state index < -0.39 is 0 Å². The number of para-hydroxylation sites is 1. The molecule has 3 rings (SSSR count). The van der Waals surface area contributed by atoms with Crippen molar-refractivity contribution >= 4 is 11.8 Å². The predicted octanol–water partition coefficient (Wildman–Crippen LogP) is 3.32. The smallest absolute Gasteiger partial charge is 0.122 e. The van der Waals surface area contributed by atoms with E-state index >= 15 is 0 Å². The van der Waals surface area contributed by atoms with Crippen LogP contribution in [-0.2, 0) is 12.8 Å². The van der Waals surface area contributed by atoms with Gasteiger partial charge in [-0.2, -0.15) is 0 Å². The lowest BCUT2D eigenvalue weighted by Crippen LogP contribution is -2.25. The lowest BCUT2D eigenvalue weighted by molar-refractivity contribution is 0.171. The van der Waals surface area contributed by atoms with Crippen LogP contribution < -0.4 is 4.74 Å². The van der Waals surface area contributed by atoms with Gasteiger partial charge in [-0.1, -0.05) is 36.4 Å². The Morgan fingerprint density at radius 1 is 1.20 bits per heavy atom. The van der Waals surface area contributed by atoms with E-state index in [0.29, 0.717) is 6.42 Å². The van der Waals surface area contributed by atoms with Crippen molar-refractivity contribution in [2.75, 3.05) is 7.11 Å². The molecule has 1 aliphatic heterocycles. The van der Waals surface area contributed by atoms with Gasteiger partial charge in [-0.25, -0.2) is 0 Å². The molecule has 1 aliphatic rings. The molecule has 0 aromatic heterocycles. The van der Waals surface area contributed by atoms with Gasteiger partial charge in [0.1, 0.15) is 5.75 Å². The Morgan fingerprint density at radius 3 is 2.75 bits per heavy atom. The van der Waals surface area contributed by atoms with Gasteiger partial charge in [0, 0.05) is 16.6 Å². The van der Waals surface area contributed by atoms with Crippen molar-refractivity contribution in [1.82, 2.24) is 0 Å². The van der Waals surface area contributed by atoms with E-state index in [0.717, 1.165) is 17.7 Å². The van der Waals surface area contributed by atoms with Crippen LogP contribution in [0.5, 0.6) is 5.75 Å². The third-order valence-corrected chi connectivity index (χ3v) is 5.16. The molecule has 2 unspecified atom stereocenters. The van der Waals surface area contributed by atoms with Gasteiger partial charge >= 0.3 is 0 Å². The van der Waals surface area contributed by atoms with Crippen molar-refractivity contribution in [3.63, 3.8) is 0 Å². The zero-order chi connectivity index (χ0) is 13.9. The molecule has 20 heavy (non-hydrogen) atoms. The number of fused-ring (bicyclic) bond motifs is 1. The highest BCUT2D eigenvalue weighted by Gasteiger charge is 2.28. The Hall–Kier alpha value is -1.45. The molecule has 0 bridgehead atoms. The first-order valence-electron chi connectivity index (χ1n) is 6.82. The van der Waals surface area contributed by atoms with E-state index in [-0.39, 0.29) is 11.4 Å². The van der Waals surface area contributed by atoms with Crippen LogP contribution in [0.2, 0.25) is 0 Å². The lowest BCUT2D eigenvalue weighted by Gasteiger charge is -2.18. The molecule has 0 fully saturated rings. The number of aliphatic hydroxyl groups is 1. The van der Waals surface area contributed by atoms with Gasteiger partial charge in [0.15, 0.2) is 0 Å². The summed E-state index contributed by atoms with van der Waals surface area (Å²) in [6, 6.07) is 16.3. The Labute approximate surface area is 123 Å². The second-order valence-corrected chi connectivity index (χ2v) is 6.33. The summed E-state index contributed by atoms with van der Waals surface area (Å²) in [6.45, 7) is 0. The minimum Gasteiger partial charge on any atom is -0.496 e. The number of aliphatic hydroxyl groups excluding tert-OH is 1. The van der Waals surface area contributed by atoms with Crippen LogP contribution in [0, 0.1) is 0 Å². The fourth-order valence-corrected chi connectivity index (χ4v) is 3.95. The fraction of sp³-hybridized carbons (Fsp3) is 0.294. The average Bonchev–Trinajstić information content (AvgIpc) is 2.92.